The van der Waals surface area contributed by atoms with Crippen LogP contribution < -0.4 is 5.73 Å². The van der Waals surface area contributed by atoms with Gasteiger partial charge in [-0.1, -0.05) is 46.0 Å². The van der Waals surface area contributed by atoms with E-state index in [0.717, 1.165) is 12.5 Å². The first-order valence-corrected chi connectivity index (χ1v) is 8.07. The largest absolute Gasteiger partial charge is 0.329 e. The van der Waals surface area contributed by atoms with Gasteiger partial charge in [-0.15, -0.1) is 0 Å². The minimum absolute atomic E-state index is 0.251. The summed E-state index contributed by atoms with van der Waals surface area (Å²) < 4.78 is 0. The molecule has 0 bridgehead atoms. The fourth-order valence-corrected chi connectivity index (χ4v) is 3.18. The Kier molecular flexibility index (Phi) is 7.25. The van der Waals surface area contributed by atoms with E-state index in [9.17, 15) is 0 Å². The summed E-state index contributed by atoms with van der Waals surface area (Å²) in [5, 5.41) is 0. The molecular weight excluding hydrogens is 220 g/mol. The Morgan fingerprint density at radius 1 is 1.22 bits per heavy atom. The average molecular weight is 254 g/mol. The van der Waals surface area contributed by atoms with Gasteiger partial charge in [0.1, 0.15) is 0 Å². The summed E-state index contributed by atoms with van der Waals surface area (Å²) in [5.41, 5.74) is 6.33. The van der Waals surface area contributed by atoms with Crippen LogP contribution in [0.25, 0.3) is 0 Å². The Hall–Kier alpha value is -0.0800. The number of nitrogens with zero attached hydrogens (tertiary/aromatic N) is 1. The molecule has 2 N–H and O–H groups in total. The third-order valence-electron chi connectivity index (χ3n) is 4.68. The summed E-state index contributed by atoms with van der Waals surface area (Å²) in [4.78, 5) is 2.67. The summed E-state index contributed by atoms with van der Waals surface area (Å²) >= 11 is 0. The fourth-order valence-electron chi connectivity index (χ4n) is 3.18. The smallest absolute Gasteiger partial charge is 0.0303 e. The van der Waals surface area contributed by atoms with E-state index in [1.807, 2.05) is 0 Å². The van der Waals surface area contributed by atoms with Crippen molar-refractivity contribution < 1.29 is 0 Å². The summed E-state index contributed by atoms with van der Waals surface area (Å²) in [6, 6.07) is 0. The van der Waals surface area contributed by atoms with Gasteiger partial charge in [-0.3, -0.25) is 4.90 Å². The summed E-state index contributed by atoms with van der Waals surface area (Å²) in [6.07, 6.45) is 10.9. The van der Waals surface area contributed by atoms with Crippen molar-refractivity contribution >= 4 is 0 Å². The van der Waals surface area contributed by atoms with Gasteiger partial charge in [0.25, 0.3) is 0 Å². The van der Waals surface area contributed by atoms with Gasteiger partial charge in [-0.2, -0.15) is 0 Å². The second-order valence-corrected chi connectivity index (χ2v) is 6.56. The Labute approximate surface area is 114 Å². The number of rotatable bonds is 8. The molecule has 1 heterocycles. The van der Waals surface area contributed by atoms with Crippen molar-refractivity contribution in [1.82, 2.24) is 4.90 Å². The van der Waals surface area contributed by atoms with Gasteiger partial charge in [0.2, 0.25) is 0 Å². The van der Waals surface area contributed by atoms with E-state index >= 15 is 0 Å². The zero-order valence-corrected chi connectivity index (χ0v) is 12.9. The Balaban J connectivity index is 2.35. The molecule has 0 spiro atoms. The van der Waals surface area contributed by atoms with Gasteiger partial charge in [0.15, 0.2) is 0 Å². The van der Waals surface area contributed by atoms with Crippen molar-refractivity contribution in [2.24, 2.45) is 11.7 Å². The standard InChI is InChI=1S/C16H34N2/c1-4-5-6-7-8-11-16(3,14-17)18-12-9-10-15(2)13-18/h15H,4-14,17H2,1-3H3. The summed E-state index contributed by atoms with van der Waals surface area (Å²) in [7, 11) is 0. The normalized spacial score (nSPS) is 25.0. The summed E-state index contributed by atoms with van der Waals surface area (Å²) in [6.45, 7) is 10.4. The van der Waals surface area contributed by atoms with Gasteiger partial charge in [0, 0.05) is 18.6 Å². The highest BCUT2D eigenvalue weighted by Crippen LogP contribution is 2.27. The predicted molar refractivity (Wildman–Crippen MR) is 80.8 cm³/mol. The van der Waals surface area contributed by atoms with Crippen LogP contribution in [-0.2, 0) is 0 Å². The van der Waals surface area contributed by atoms with Crippen LogP contribution in [0, 0.1) is 5.92 Å². The van der Waals surface area contributed by atoms with E-state index in [1.54, 1.807) is 0 Å². The molecule has 2 atom stereocenters. The first-order valence-electron chi connectivity index (χ1n) is 8.07. The average Bonchev–Trinajstić information content (AvgIpc) is 2.38. The molecule has 18 heavy (non-hydrogen) atoms. The molecule has 2 heteroatoms. The Morgan fingerprint density at radius 3 is 2.56 bits per heavy atom. The Bertz CT molecular complexity index is 217. The topological polar surface area (TPSA) is 29.3 Å². The number of hydrogen-bond donors (Lipinski definition) is 1. The zero-order chi connectivity index (χ0) is 13.4. The molecule has 108 valence electrons. The van der Waals surface area contributed by atoms with Crippen molar-refractivity contribution in [1.29, 1.82) is 0 Å². The minimum atomic E-state index is 0.251. The van der Waals surface area contributed by atoms with Crippen LogP contribution in [0.2, 0.25) is 0 Å². The number of unbranched alkanes of at least 4 members (excludes halogenated alkanes) is 4. The maximum atomic E-state index is 6.08. The van der Waals surface area contributed by atoms with E-state index in [-0.39, 0.29) is 5.54 Å². The first-order chi connectivity index (χ1) is 8.62. The third kappa shape index (κ3) is 4.89. The van der Waals surface area contributed by atoms with Crippen LogP contribution in [-0.4, -0.2) is 30.1 Å². The van der Waals surface area contributed by atoms with E-state index in [0.29, 0.717) is 0 Å². The van der Waals surface area contributed by atoms with E-state index in [4.69, 9.17) is 5.73 Å². The lowest BCUT2D eigenvalue weighted by Gasteiger charge is -2.45. The fraction of sp³-hybridized carbons (Fsp3) is 1.00. The number of likely N-dealkylation sites (tertiary alicyclic amines) is 1. The van der Waals surface area contributed by atoms with Crippen molar-refractivity contribution in [2.45, 2.75) is 77.7 Å². The van der Waals surface area contributed by atoms with Crippen molar-refractivity contribution in [2.75, 3.05) is 19.6 Å². The van der Waals surface area contributed by atoms with Gasteiger partial charge >= 0.3 is 0 Å². The minimum Gasteiger partial charge on any atom is -0.329 e. The highest BCUT2D eigenvalue weighted by molar-refractivity contribution is 4.89. The molecule has 0 aromatic heterocycles. The molecule has 0 aromatic carbocycles. The maximum Gasteiger partial charge on any atom is 0.0303 e. The molecule has 0 radical (unpaired) electrons. The van der Waals surface area contributed by atoms with E-state index in [1.165, 1.54) is 64.5 Å². The molecular formula is C16H34N2. The van der Waals surface area contributed by atoms with E-state index in [2.05, 4.69) is 25.7 Å². The zero-order valence-electron chi connectivity index (χ0n) is 12.9. The van der Waals surface area contributed by atoms with Crippen LogP contribution in [0.3, 0.4) is 0 Å². The van der Waals surface area contributed by atoms with Gasteiger partial charge in [0.05, 0.1) is 0 Å². The molecule has 1 aliphatic heterocycles. The number of hydrogen-bond acceptors (Lipinski definition) is 2. The molecule has 2 nitrogen and oxygen atoms in total. The van der Waals surface area contributed by atoms with Gasteiger partial charge < -0.3 is 5.73 Å². The van der Waals surface area contributed by atoms with E-state index < -0.39 is 0 Å². The highest BCUT2D eigenvalue weighted by atomic mass is 15.2. The molecule has 0 aromatic rings. The van der Waals surface area contributed by atoms with Crippen molar-refractivity contribution in [3.63, 3.8) is 0 Å². The SMILES string of the molecule is CCCCCCCC(C)(CN)N1CCCC(C)C1. The molecule has 1 fully saturated rings. The molecule has 0 saturated carbocycles. The lowest BCUT2D eigenvalue weighted by Crippen LogP contribution is -2.54. The monoisotopic (exact) mass is 254 g/mol. The molecule has 0 amide bonds. The van der Waals surface area contributed by atoms with Gasteiger partial charge in [-0.25, -0.2) is 0 Å². The maximum absolute atomic E-state index is 6.08. The molecule has 1 saturated heterocycles. The number of piperidine rings is 1. The van der Waals surface area contributed by atoms with Crippen molar-refractivity contribution in [3.05, 3.63) is 0 Å². The molecule has 0 aliphatic carbocycles. The molecule has 1 rings (SSSR count). The lowest BCUT2D eigenvalue weighted by atomic mass is 9.88. The summed E-state index contributed by atoms with van der Waals surface area (Å²) in [5.74, 6) is 0.852. The van der Waals surface area contributed by atoms with Crippen LogP contribution in [0.5, 0.6) is 0 Å². The van der Waals surface area contributed by atoms with Crippen LogP contribution in [0.15, 0.2) is 0 Å². The lowest BCUT2D eigenvalue weighted by molar-refractivity contribution is 0.0557. The second kappa shape index (κ2) is 8.16. The Morgan fingerprint density at radius 2 is 1.94 bits per heavy atom. The quantitative estimate of drug-likeness (QED) is 0.668. The predicted octanol–water partition coefficient (Wildman–Crippen LogP) is 3.80. The van der Waals surface area contributed by atoms with Crippen LogP contribution >= 0.6 is 0 Å². The van der Waals surface area contributed by atoms with Crippen LogP contribution in [0.4, 0.5) is 0 Å². The van der Waals surface area contributed by atoms with Crippen LogP contribution in [0.1, 0.15) is 72.1 Å². The highest BCUT2D eigenvalue weighted by Gasteiger charge is 2.32. The third-order valence-corrected chi connectivity index (χ3v) is 4.68. The van der Waals surface area contributed by atoms with Crippen molar-refractivity contribution in [3.8, 4) is 0 Å². The second-order valence-electron chi connectivity index (χ2n) is 6.56. The van der Waals surface area contributed by atoms with Gasteiger partial charge in [-0.05, 0) is 38.6 Å². The number of nitrogens with two attached hydrogens (primary N) is 1. The molecule has 1 aliphatic rings. The molecule has 2 unspecified atom stereocenters. The first kappa shape index (κ1) is 16.0.